The molecule has 4 nitrogen and oxygen atoms in total. The molecule has 0 saturated carbocycles. The number of aromatic amines is 1. The smallest absolute Gasteiger partial charge is 0.310 e. The number of carbonyl (C=O) groups excluding carboxylic acids is 2. The van der Waals surface area contributed by atoms with E-state index in [2.05, 4.69) is 4.98 Å². The Hall–Kier alpha value is -2.89. The number of thiophene rings is 1. The van der Waals surface area contributed by atoms with Crippen LogP contribution in [0.3, 0.4) is 0 Å². The first-order valence-corrected chi connectivity index (χ1v) is 9.88. The highest BCUT2D eigenvalue weighted by atomic mass is 35.5. The molecule has 0 bridgehead atoms. The Labute approximate surface area is 170 Å². The lowest BCUT2D eigenvalue weighted by atomic mass is 10.0. The van der Waals surface area contributed by atoms with Gasteiger partial charge in [0, 0.05) is 31.9 Å². The molecule has 2 heterocycles. The van der Waals surface area contributed by atoms with Gasteiger partial charge in [0.1, 0.15) is 0 Å². The SMILES string of the molecule is COC(=O)Cc1c(C(=O)c2ccc(-c3cccs3)cc2)[nH]c2cc(Cl)ccc12. The predicted molar refractivity (Wildman–Crippen MR) is 112 cm³/mol. The van der Waals surface area contributed by atoms with Crippen molar-refractivity contribution in [3.63, 3.8) is 0 Å². The van der Waals surface area contributed by atoms with E-state index < -0.39 is 5.97 Å². The average molecular weight is 410 g/mol. The second-order valence-electron chi connectivity index (χ2n) is 6.31. The van der Waals surface area contributed by atoms with Gasteiger partial charge in [-0.15, -0.1) is 11.3 Å². The van der Waals surface area contributed by atoms with E-state index in [1.165, 1.54) is 7.11 Å². The zero-order valence-corrected chi connectivity index (χ0v) is 16.6. The largest absolute Gasteiger partial charge is 0.469 e. The number of H-pyrrole nitrogens is 1. The van der Waals surface area contributed by atoms with Crippen molar-refractivity contribution in [2.24, 2.45) is 0 Å². The third kappa shape index (κ3) is 3.46. The molecule has 4 rings (SSSR count). The fourth-order valence-corrected chi connectivity index (χ4v) is 4.10. The molecule has 0 aliphatic rings. The van der Waals surface area contributed by atoms with Crippen LogP contribution in [-0.4, -0.2) is 23.8 Å². The van der Waals surface area contributed by atoms with E-state index in [4.69, 9.17) is 16.3 Å². The molecule has 2 aromatic heterocycles. The van der Waals surface area contributed by atoms with Gasteiger partial charge in [-0.05, 0) is 29.1 Å². The zero-order chi connectivity index (χ0) is 19.7. The molecule has 2 aromatic carbocycles. The first-order chi connectivity index (χ1) is 13.6. The van der Waals surface area contributed by atoms with Crippen molar-refractivity contribution in [2.45, 2.75) is 6.42 Å². The van der Waals surface area contributed by atoms with Crippen LogP contribution in [0, 0.1) is 0 Å². The van der Waals surface area contributed by atoms with E-state index in [9.17, 15) is 9.59 Å². The van der Waals surface area contributed by atoms with Crippen LogP contribution in [0.5, 0.6) is 0 Å². The number of ketones is 1. The van der Waals surface area contributed by atoms with Crippen molar-refractivity contribution < 1.29 is 14.3 Å². The maximum atomic E-state index is 13.2. The van der Waals surface area contributed by atoms with Crippen molar-refractivity contribution in [2.75, 3.05) is 7.11 Å². The highest BCUT2D eigenvalue weighted by Gasteiger charge is 2.21. The van der Waals surface area contributed by atoms with Gasteiger partial charge in [-0.25, -0.2) is 0 Å². The number of benzene rings is 2. The van der Waals surface area contributed by atoms with Crippen LogP contribution in [0.15, 0.2) is 60.0 Å². The number of carbonyl (C=O) groups is 2. The van der Waals surface area contributed by atoms with Gasteiger partial charge in [0.05, 0.1) is 19.2 Å². The summed E-state index contributed by atoms with van der Waals surface area (Å²) in [5.41, 5.74) is 3.32. The number of halogens is 1. The molecule has 0 atom stereocenters. The summed E-state index contributed by atoms with van der Waals surface area (Å²) in [6.45, 7) is 0. The Morgan fingerprint density at radius 1 is 1.11 bits per heavy atom. The third-order valence-electron chi connectivity index (χ3n) is 4.60. The topological polar surface area (TPSA) is 59.2 Å². The van der Waals surface area contributed by atoms with E-state index in [1.54, 1.807) is 35.6 Å². The molecular weight excluding hydrogens is 394 g/mol. The number of nitrogens with one attached hydrogen (secondary N) is 1. The molecule has 0 aliphatic carbocycles. The van der Waals surface area contributed by atoms with Crippen molar-refractivity contribution in [3.05, 3.63) is 81.8 Å². The summed E-state index contributed by atoms with van der Waals surface area (Å²) in [5, 5.41) is 3.36. The second kappa shape index (κ2) is 7.62. The molecule has 0 radical (unpaired) electrons. The standard InChI is InChI=1S/C22H16ClNO3S/c1-27-20(25)12-17-16-9-8-15(23)11-18(16)24-21(17)22(26)14-6-4-13(5-7-14)19-3-2-10-28-19/h2-11,24H,12H2,1H3. The molecule has 6 heteroatoms. The Kier molecular flexibility index (Phi) is 5.03. The Bertz CT molecular complexity index is 1160. The van der Waals surface area contributed by atoms with E-state index in [1.807, 2.05) is 35.7 Å². The van der Waals surface area contributed by atoms with Gasteiger partial charge in [0.25, 0.3) is 0 Å². The van der Waals surface area contributed by atoms with Gasteiger partial charge >= 0.3 is 5.97 Å². The van der Waals surface area contributed by atoms with Gasteiger partial charge in [-0.1, -0.05) is 48.0 Å². The summed E-state index contributed by atoms with van der Waals surface area (Å²) >= 11 is 7.73. The molecule has 1 N–H and O–H groups in total. The molecule has 4 aromatic rings. The summed E-state index contributed by atoms with van der Waals surface area (Å²) in [4.78, 5) is 29.4. The summed E-state index contributed by atoms with van der Waals surface area (Å²) < 4.78 is 4.80. The zero-order valence-electron chi connectivity index (χ0n) is 15.0. The fraction of sp³-hybridized carbons (Fsp3) is 0.0909. The average Bonchev–Trinajstić information content (AvgIpc) is 3.36. The molecule has 140 valence electrons. The fourth-order valence-electron chi connectivity index (χ4n) is 3.19. The Morgan fingerprint density at radius 2 is 1.89 bits per heavy atom. The van der Waals surface area contributed by atoms with Gasteiger partial charge in [-0.2, -0.15) is 0 Å². The predicted octanol–water partition coefficient (Wildman–Crippen LogP) is 5.50. The second-order valence-corrected chi connectivity index (χ2v) is 7.69. The van der Waals surface area contributed by atoms with E-state index in [0.29, 0.717) is 27.4 Å². The maximum absolute atomic E-state index is 13.2. The summed E-state index contributed by atoms with van der Waals surface area (Å²) in [6.07, 6.45) is 0.00643. The lowest BCUT2D eigenvalue weighted by Crippen LogP contribution is -2.10. The number of rotatable bonds is 5. The van der Waals surface area contributed by atoms with Gasteiger partial charge < -0.3 is 9.72 Å². The van der Waals surface area contributed by atoms with Crippen LogP contribution in [0.4, 0.5) is 0 Å². The van der Waals surface area contributed by atoms with Gasteiger partial charge in [-0.3, -0.25) is 9.59 Å². The minimum atomic E-state index is -0.405. The summed E-state index contributed by atoms with van der Waals surface area (Å²) in [5.74, 6) is -0.582. The molecular formula is C22H16ClNO3S. The lowest BCUT2D eigenvalue weighted by Gasteiger charge is -2.05. The molecule has 28 heavy (non-hydrogen) atoms. The minimum absolute atomic E-state index is 0.00643. The van der Waals surface area contributed by atoms with Crippen molar-refractivity contribution in [3.8, 4) is 10.4 Å². The highest BCUT2D eigenvalue weighted by Crippen LogP contribution is 2.29. The van der Waals surface area contributed by atoms with Crippen LogP contribution < -0.4 is 0 Å². The van der Waals surface area contributed by atoms with Crippen LogP contribution in [0.1, 0.15) is 21.6 Å². The molecule has 0 amide bonds. The Balaban J connectivity index is 1.75. The van der Waals surface area contributed by atoms with E-state index >= 15 is 0 Å². The minimum Gasteiger partial charge on any atom is -0.469 e. The summed E-state index contributed by atoms with van der Waals surface area (Å²) in [7, 11) is 1.33. The van der Waals surface area contributed by atoms with Gasteiger partial charge in [0.15, 0.2) is 0 Å². The number of methoxy groups -OCH3 is 1. The van der Waals surface area contributed by atoms with Crippen LogP contribution in [0.25, 0.3) is 21.3 Å². The van der Waals surface area contributed by atoms with Crippen molar-refractivity contribution in [1.29, 1.82) is 0 Å². The first kappa shape index (κ1) is 18.5. The monoisotopic (exact) mass is 409 g/mol. The molecule has 0 fully saturated rings. The van der Waals surface area contributed by atoms with Crippen molar-refractivity contribution in [1.82, 2.24) is 4.98 Å². The van der Waals surface area contributed by atoms with Gasteiger partial charge in [0.2, 0.25) is 5.78 Å². The maximum Gasteiger partial charge on any atom is 0.310 e. The number of aromatic nitrogens is 1. The van der Waals surface area contributed by atoms with E-state index in [0.717, 1.165) is 15.8 Å². The van der Waals surface area contributed by atoms with Crippen molar-refractivity contribution >= 4 is 45.6 Å². The van der Waals surface area contributed by atoms with Crippen LogP contribution in [0.2, 0.25) is 5.02 Å². The first-order valence-electron chi connectivity index (χ1n) is 8.62. The molecule has 0 unspecified atom stereocenters. The number of esters is 1. The number of fused-ring (bicyclic) bond motifs is 1. The lowest BCUT2D eigenvalue weighted by molar-refractivity contribution is -0.139. The van der Waals surface area contributed by atoms with Crippen LogP contribution in [-0.2, 0) is 16.0 Å². The summed E-state index contributed by atoms with van der Waals surface area (Å²) in [6, 6.07) is 16.8. The number of ether oxygens (including phenoxy) is 1. The normalized spacial score (nSPS) is 10.9. The number of hydrogen-bond acceptors (Lipinski definition) is 4. The quantitative estimate of drug-likeness (QED) is 0.350. The van der Waals surface area contributed by atoms with Crippen LogP contribution >= 0.6 is 22.9 Å². The Morgan fingerprint density at radius 3 is 2.57 bits per heavy atom. The third-order valence-corrected chi connectivity index (χ3v) is 5.75. The van der Waals surface area contributed by atoms with E-state index in [-0.39, 0.29) is 12.2 Å². The molecule has 0 spiro atoms. The molecule has 0 aliphatic heterocycles. The molecule has 0 saturated heterocycles. The number of hydrogen-bond donors (Lipinski definition) is 1. The highest BCUT2D eigenvalue weighted by molar-refractivity contribution is 7.13.